The lowest BCUT2D eigenvalue weighted by atomic mass is 9.94. The first kappa shape index (κ1) is 17.4. The average molecular weight is 368 g/mol. The van der Waals surface area contributed by atoms with E-state index in [9.17, 15) is 23.1 Å². The highest BCUT2D eigenvalue weighted by Gasteiger charge is 2.30. The largest absolute Gasteiger partial charge is 0.481 e. The summed E-state index contributed by atoms with van der Waals surface area (Å²) in [7, 11) is 0. The molecule has 3 rings (SSSR count). The predicted octanol–water partition coefficient (Wildman–Crippen LogP) is 5.70. The molecule has 1 atom stereocenters. The maximum absolute atomic E-state index is 12.7. The van der Waals surface area contributed by atoms with Crippen LogP contribution in [0.1, 0.15) is 24.0 Å². The SMILES string of the molecule is CC(C(=O)O)c1c(-c2ccc(C(F)(F)F)cc2)[nH]c2ccc(Cl)cc12. The van der Waals surface area contributed by atoms with Crippen LogP contribution >= 0.6 is 11.6 Å². The normalized spacial score (nSPS) is 13.2. The van der Waals surface area contributed by atoms with E-state index in [1.54, 1.807) is 18.2 Å². The lowest BCUT2D eigenvalue weighted by molar-refractivity contribution is -0.138. The van der Waals surface area contributed by atoms with Crippen LogP contribution in [0.25, 0.3) is 22.2 Å². The topological polar surface area (TPSA) is 53.1 Å². The van der Waals surface area contributed by atoms with E-state index in [0.29, 0.717) is 32.7 Å². The van der Waals surface area contributed by atoms with Crippen LogP contribution in [-0.2, 0) is 11.0 Å². The van der Waals surface area contributed by atoms with Crippen LogP contribution in [0.3, 0.4) is 0 Å². The summed E-state index contributed by atoms with van der Waals surface area (Å²) >= 11 is 6.01. The summed E-state index contributed by atoms with van der Waals surface area (Å²) in [6.07, 6.45) is -4.43. The van der Waals surface area contributed by atoms with E-state index in [-0.39, 0.29) is 0 Å². The molecule has 0 amide bonds. The summed E-state index contributed by atoms with van der Waals surface area (Å²) in [5.74, 6) is -1.89. The molecule has 130 valence electrons. The van der Waals surface area contributed by atoms with E-state index in [4.69, 9.17) is 11.6 Å². The van der Waals surface area contributed by atoms with Crippen molar-refractivity contribution >= 4 is 28.5 Å². The van der Waals surface area contributed by atoms with Gasteiger partial charge in [0.15, 0.2) is 0 Å². The van der Waals surface area contributed by atoms with Crippen molar-refractivity contribution in [2.45, 2.75) is 19.0 Å². The molecule has 2 aromatic carbocycles. The number of rotatable bonds is 3. The predicted molar refractivity (Wildman–Crippen MR) is 89.8 cm³/mol. The molecule has 3 aromatic rings. The Hall–Kier alpha value is -2.47. The van der Waals surface area contributed by atoms with E-state index in [2.05, 4.69) is 4.98 Å². The molecule has 0 aliphatic rings. The van der Waals surface area contributed by atoms with E-state index < -0.39 is 23.6 Å². The van der Waals surface area contributed by atoms with Gasteiger partial charge >= 0.3 is 12.1 Å². The second-order valence-corrected chi connectivity index (χ2v) is 6.18. The summed E-state index contributed by atoms with van der Waals surface area (Å²) in [6.45, 7) is 1.53. The molecule has 2 N–H and O–H groups in total. The number of aromatic amines is 1. The van der Waals surface area contributed by atoms with Crippen LogP contribution in [0.5, 0.6) is 0 Å². The van der Waals surface area contributed by atoms with Crippen molar-refractivity contribution in [1.29, 1.82) is 0 Å². The number of halogens is 4. The fourth-order valence-corrected chi connectivity index (χ4v) is 2.98. The number of nitrogens with one attached hydrogen (secondary N) is 1. The lowest BCUT2D eigenvalue weighted by Gasteiger charge is -2.11. The third-order valence-electron chi connectivity index (χ3n) is 4.11. The number of alkyl halides is 3. The Morgan fingerprint density at radius 2 is 1.80 bits per heavy atom. The lowest BCUT2D eigenvalue weighted by Crippen LogP contribution is -2.08. The smallest absolute Gasteiger partial charge is 0.416 e. The molecule has 1 heterocycles. The van der Waals surface area contributed by atoms with Gasteiger partial charge in [-0.25, -0.2) is 0 Å². The van der Waals surface area contributed by atoms with Gasteiger partial charge in [-0.1, -0.05) is 23.7 Å². The average Bonchev–Trinajstić information content (AvgIpc) is 2.91. The summed E-state index contributed by atoms with van der Waals surface area (Å²) in [5.41, 5.74) is 1.35. The van der Waals surface area contributed by atoms with Crippen molar-refractivity contribution in [2.75, 3.05) is 0 Å². The molecular formula is C18H13ClF3NO2. The number of H-pyrrole nitrogens is 1. The van der Waals surface area contributed by atoms with Crippen molar-refractivity contribution in [1.82, 2.24) is 4.98 Å². The number of aromatic nitrogens is 1. The maximum Gasteiger partial charge on any atom is 0.416 e. The molecule has 1 unspecified atom stereocenters. The molecule has 1 aromatic heterocycles. The molecule has 0 saturated carbocycles. The van der Waals surface area contributed by atoms with Crippen LogP contribution in [0.4, 0.5) is 13.2 Å². The highest BCUT2D eigenvalue weighted by molar-refractivity contribution is 6.31. The minimum absolute atomic E-state index is 0.448. The van der Waals surface area contributed by atoms with Crippen LogP contribution in [0, 0.1) is 0 Å². The van der Waals surface area contributed by atoms with E-state index >= 15 is 0 Å². The number of benzene rings is 2. The maximum atomic E-state index is 12.7. The molecule has 3 nitrogen and oxygen atoms in total. The first-order valence-corrected chi connectivity index (χ1v) is 7.78. The number of hydrogen-bond donors (Lipinski definition) is 2. The fourth-order valence-electron chi connectivity index (χ4n) is 2.81. The van der Waals surface area contributed by atoms with E-state index in [0.717, 1.165) is 12.1 Å². The fraction of sp³-hybridized carbons (Fsp3) is 0.167. The zero-order valence-corrected chi connectivity index (χ0v) is 13.7. The van der Waals surface area contributed by atoms with Crippen LogP contribution in [0.2, 0.25) is 5.02 Å². The number of hydrogen-bond acceptors (Lipinski definition) is 1. The van der Waals surface area contributed by atoms with Gasteiger partial charge in [0.1, 0.15) is 0 Å². The molecule has 7 heteroatoms. The number of fused-ring (bicyclic) bond motifs is 1. The molecule has 0 saturated heterocycles. The van der Waals surface area contributed by atoms with Crippen molar-refractivity contribution in [3.05, 3.63) is 58.6 Å². The number of carbonyl (C=O) groups is 1. The highest BCUT2D eigenvalue weighted by atomic mass is 35.5. The van der Waals surface area contributed by atoms with Gasteiger partial charge in [-0.05, 0) is 48.4 Å². The quantitative estimate of drug-likeness (QED) is 0.624. The molecular weight excluding hydrogens is 355 g/mol. The van der Waals surface area contributed by atoms with E-state index in [1.165, 1.54) is 19.1 Å². The number of carboxylic acid groups (broad SMARTS) is 1. The number of aliphatic carboxylic acids is 1. The summed E-state index contributed by atoms with van der Waals surface area (Å²) < 4.78 is 38.2. The Kier molecular flexibility index (Phi) is 4.24. The Labute approximate surface area is 146 Å². The first-order chi connectivity index (χ1) is 11.7. The second kappa shape index (κ2) is 6.11. The third-order valence-corrected chi connectivity index (χ3v) is 4.34. The van der Waals surface area contributed by atoms with Crippen LogP contribution in [0.15, 0.2) is 42.5 Å². The minimum Gasteiger partial charge on any atom is -0.481 e. The molecule has 0 radical (unpaired) electrons. The Balaban J connectivity index is 2.21. The van der Waals surface area contributed by atoms with Crippen molar-refractivity contribution in [3.63, 3.8) is 0 Å². The summed E-state index contributed by atoms with van der Waals surface area (Å²) in [6, 6.07) is 9.62. The van der Waals surface area contributed by atoms with Gasteiger partial charge in [0.05, 0.1) is 17.2 Å². The highest BCUT2D eigenvalue weighted by Crippen LogP contribution is 2.38. The summed E-state index contributed by atoms with van der Waals surface area (Å²) in [4.78, 5) is 14.6. The van der Waals surface area contributed by atoms with Crippen molar-refractivity contribution < 1.29 is 23.1 Å². The minimum atomic E-state index is -4.43. The molecule has 0 aliphatic heterocycles. The van der Waals surface area contributed by atoms with Gasteiger partial charge in [-0.15, -0.1) is 0 Å². The zero-order chi connectivity index (χ0) is 18.4. The monoisotopic (exact) mass is 367 g/mol. The Morgan fingerprint density at radius 1 is 1.16 bits per heavy atom. The van der Waals surface area contributed by atoms with Crippen LogP contribution < -0.4 is 0 Å². The summed E-state index contributed by atoms with van der Waals surface area (Å²) in [5, 5.41) is 10.5. The zero-order valence-electron chi connectivity index (χ0n) is 13.0. The molecule has 0 spiro atoms. The molecule has 25 heavy (non-hydrogen) atoms. The Morgan fingerprint density at radius 3 is 2.36 bits per heavy atom. The third kappa shape index (κ3) is 3.22. The van der Waals surface area contributed by atoms with Crippen molar-refractivity contribution in [2.24, 2.45) is 0 Å². The molecule has 0 bridgehead atoms. The van der Waals surface area contributed by atoms with Crippen molar-refractivity contribution in [3.8, 4) is 11.3 Å². The van der Waals surface area contributed by atoms with Gasteiger partial charge in [0.25, 0.3) is 0 Å². The van der Waals surface area contributed by atoms with Gasteiger partial charge < -0.3 is 10.1 Å². The van der Waals surface area contributed by atoms with E-state index in [1.807, 2.05) is 0 Å². The van der Waals surface area contributed by atoms with Gasteiger partial charge in [-0.3, -0.25) is 4.79 Å². The van der Waals surface area contributed by atoms with Crippen LogP contribution in [-0.4, -0.2) is 16.1 Å². The van der Waals surface area contributed by atoms with Gasteiger partial charge in [0, 0.05) is 15.9 Å². The standard InChI is InChI=1S/C18H13ClF3NO2/c1-9(17(24)25)15-13-8-12(19)6-7-14(13)23-16(15)10-2-4-11(5-3-10)18(20,21)22/h2-9,23H,1H3,(H,24,25). The first-order valence-electron chi connectivity index (χ1n) is 7.40. The Bertz CT molecular complexity index is 945. The molecule has 0 aliphatic carbocycles. The van der Waals surface area contributed by atoms with Gasteiger partial charge in [0.2, 0.25) is 0 Å². The number of carboxylic acids is 1. The second-order valence-electron chi connectivity index (χ2n) is 5.74. The molecule has 0 fully saturated rings. The van der Waals surface area contributed by atoms with Gasteiger partial charge in [-0.2, -0.15) is 13.2 Å².